The molecule has 1 atom stereocenters. The molecule has 2 N–H and O–H groups in total. The summed E-state index contributed by atoms with van der Waals surface area (Å²) in [4.78, 5) is 8.44. The van der Waals surface area contributed by atoms with Crippen molar-refractivity contribution in [3.05, 3.63) is 47.2 Å². The van der Waals surface area contributed by atoms with Gasteiger partial charge in [0.25, 0.3) is 0 Å². The van der Waals surface area contributed by atoms with Gasteiger partial charge in [-0.15, -0.1) is 0 Å². The second kappa shape index (κ2) is 5.51. The van der Waals surface area contributed by atoms with Crippen molar-refractivity contribution in [2.24, 2.45) is 0 Å². The third-order valence-corrected chi connectivity index (χ3v) is 4.66. The Bertz CT molecular complexity index is 678. The van der Waals surface area contributed by atoms with Crippen molar-refractivity contribution in [3.8, 4) is 6.07 Å². The number of nitrogens with two attached hydrogens (primary N) is 1. The molecule has 3 rings (SSSR count). The van der Waals surface area contributed by atoms with Crippen LogP contribution in [-0.2, 0) is 6.42 Å². The maximum absolute atomic E-state index is 8.84. The number of benzene rings is 1. The number of aromatic nitrogens is 2. The first-order valence-corrected chi connectivity index (χ1v) is 7.43. The standard InChI is InChI=1S/C15H14N4S/c16-8-11-9-18-15(19-14(11)17)20-13-7-3-5-10-4-1-2-6-12(10)13/h1-2,4,6,9,13H,3,5,7H2,(H2,17,18,19). The highest BCUT2D eigenvalue weighted by molar-refractivity contribution is 7.99. The van der Waals surface area contributed by atoms with E-state index >= 15 is 0 Å². The smallest absolute Gasteiger partial charge is 0.190 e. The monoisotopic (exact) mass is 282 g/mol. The molecule has 20 heavy (non-hydrogen) atoms. The van der Waals surface area contributed by atoms with Crippen LogP contribution in [-0.4, -0.2) is 9.97 Å². The lowest BCUT2D eigenvalue weighted by molar-refractivity contribution is 0.672. The zero-order valence-electron chi connectivity index (χ0n) is 10.9. The number of aryl methyl sites for hydroxylation is 1. The van der Waals surface area contributed by atoms with E-state index in [1.165, 1.54) is 23.7 Å². The van der Waals surface area contributed by atoms with Crippen LogP contribution in [0.1, 0.15) is 34.8 Å². The molecule has 1 aromatic carbocycles. The number of nitrogen functional groups attached to an aromatic ring is 1. The minimum absolute atomic E-state index is 0.258. The van der Waals surface area contributed by atoms with Crippen molar-refractivity contribution in [1.82, 2.24) is 9.97 Å². The van der Waals surface area contributed by atoms with Crippen LogP contribution in [0.15, 0.2) is 35.6 Å². The summed E-state index contributed by atoms with van der Waals surface area (Å²) in [7, 11) is 0. The molecule has 0 bridgehead atoms. The minimum Gasteiger partial charge on any atom is -0.382 e. The quantitative estimate of drug-likeness (QED) is 0.856. The van der Waals surface area contributed by atoms with Crippen molar-refractivity contribution in [2.45, 2.75) is 29.7 Å². The first kappa shape index (κ1) is 12.9. The topological polar surface area (TPSA) is 75.6 Å². The number of hydrogen-bond acceptors (Lipinski definition) is 5. The number of nitriles is 1. The normalized spacial score (nSPS) is 17.2. The highest BCUT2D eigenvalue weighted by atomic mass is 32.2. The van der Waals surface area contributed by atoms with Gasteiger partial charge in [0.2, 0.25) is 0 Å². The van der Waals surface area contributed by atoms with Crippen molar-refractivity contribution in [1.29, 1.82) is 5.26 Å². The molecule has 0 fully saturated rings. The molecular formula is C15H14N4S. The van der Waals surface area contributed by atoms with Gasteiger partial charge in [0, 0.05) is 5.25 Å². The third kappa shape index (κ3) is 2.47. The summed E-state index contributed by atoms with van der Waals surface area (Å²) in [6.07, 6.45) is 4.94. The van der Waals surface area contributed by atoms with Crippen LogP contribution in [0.25, 0.3) is 0 Å². The summed E-state index contributed by atoms with van der Waals surface area (Å²) < 4.78 is 0. The Kier molecular flexibility index (Phi) is 3.57. The van der Waals surface area contributed by atoms with Crippen LogP contribution >= 0.6 is 11.8 Å². The molecule has 0 radical (unpaired) electrons. The Hall–Kier alpha value is -2.06. The summed E-state index contributed by atoms with van der Waals surface area (Å²) in [5.41, 5.74) is 8.86. The van der Waals surface area contributed by atoms with Gasteiger partial charge in [-0.05, 0) is 30.4 Å². The molecule has 4 nitrogen and oxygen atoms in total. The molecule has 100 valence electrons. The zero-order valence-corrected chi connectivity index (χ0v) is 11.7. The summed E-state index contributed by atoms with van der Waals surface area (Å²) in [5.74, 6) is 0.258. The van der Waals surface area contributed by atoms with Gasteiger partial charge in [-0.1, -0.05) is 36.0 Å². The zero-order chi connectivity index (χ0) is 13.9. The maximum atomic E-state index is 8.84. The van der Waals surface area contributed by atoms with E-state index in [2.05, 4.69) is 34.2 Å². The predicted molar refractivity (Wildman–Crippen MR) is 79.1 cm³/mol. The highest BCUT2D eigenvalue weighted by Crippen LogP contribution is 2.42. The van der Waals surface area contributed by atoms with Gasteiger partial charge in [0.15, 0.2) is 5.16 Å². The van der Waals surface area contributed by atoms with E-state index in [4.69, 9.17) is 11.0 Å². The van der Waals surface area contributed by atoms with E-state index in [1.807, 2.05) is 6.07 Å². The van der Waals surface area contributed by atoms with Gasteiger partial charge >= 0.3 is 0 Å². The molecule has 0 saturated carbocycles. The van der Waals surface area contributed by atoms with E-state index in [-0.39, 0.29) is 5.82 Å². The molecule has 0 aliphatic heterocycles. The Balaban J connectivity index is 1.86. The average molecular weight is 282 g/mol. The first-order chi connectivity index (χ1) is 9.78. The lowest BCUT2D eigenvalue weighted by Gasteiger charge is -2.24. The number of hydrogen-bond donors (Lipinski definition) is 1. The fourth-order valence-corrected chi connectivity index (χ4v) is 3.64. The van der Waals surface area contributed by atoms with Crippen molar-refractivity contribution >= 4 is 17.6 Å². The van der Waals surface area contributed by atoms with E-state index < -0.39 is 0 Å². The van der Waals surface area contributed by atoms with Crippen molar-refractivity contribution in [2.75, 3.05) is 5.73 Å². The molecule has 5 heteroatoms. The lowest BCUT2D eigenvalue weighted by atomic mass is 9.91. The van der Waals surface area contributed by atoms with Gasteiger partial charge in [-0.2, -0.15) is 5.26 Å². The van der Waals surface area contributed by atoms with Crippen LogP contribution in [0.4, 0.5) is 5.82 Å². The highest BCUT2D eigenvalue weighted by Gasteiger charge is 2.22. The summed E-state index contributed by atoms with van der Waals surface area (Å²) >= 11 is 1.63. The summed E-state index contributed by atoms with van der Waals surface area (Å²) in [6.45, 7) is 0. The van der Waals surface area contributed by atoms with Gasteiger partial charge in [-0.25, -0.2) is 9.97 Å². The maximum Gasteiger partial charge on any atom is 0.190 e. The average Bonchev–Trinajstić information content (AvgIpc) is 2.48. The molecule has 1 aliphatic rings. The van der Waals surface area contributed by atoms with Gasteiger partial charge in [-0.3, -0.25) is 0 Å². The SMILES string of the molecule is N#Cc1cnc(SC2CCCc3ccccc32)nc1N. The molecule has 1 heterocycles. The van der Waals surface area contributed by atoms with Gasteiger partial charge in [0.1, 0.15) is 17.5 Å². The number of thioether (sulfide) groups is 1. The molecule has 0 saturated heterocycles. The fourth-order valence-electron chi connectivity index (χ4n) is 2.48. The lowest BCUT2D eigenvalue weighted by Crippen LogP contribution is -2.08. The van der Waals surface area contributed by atoms with Crippen molar-refractivity contribution < 1.29 is 0 Å². The minimum atomic E-state index is 0.258. The van der Waals surface area contributed by atoms with Crippen LogP contribution < -0.4 is 5.73 Å². The van der Waals surface area contributed by atoms with Gasteiger partial charge in [0.05, 0.1) is 6.20 Å². The van der Waals surface area contributed by atoms with E-state index in [1.54, 1.807) is 11.8 Å². The van der Waals surface area contributed by atoms with E-state index in [0.29, 0.717) is 16.0 Å². The largest absolute Gasteiger partial charge is 0.382 e. The Morgan fingerprint density at radius 2 is 2.20 bits per heavy atom. The summed E-state index contributed by atoms with van der Waals surface area (Å²) in [5, 5.41) is 9.85. The van der Waals surface area contributed by atoms with Crippen LogP contribution in [0.2, 0.25) is 0 Å². The number of nitrogens with zero attached hydrogens (tertiary/aromatic N) is 3. The second-order valence-corrected chi connectivity index (χ2v) is 5.93. The molecule has 1 aliphatic carbocycles. The fraction of sp³-hybridized carbons (Fsp3) is 0.267. The molecule has 1 aromatic heterocycles. The number of fused-ring (bicyclic) bond motifs is 1. The molecule has 0 amide bonds. The first-order valence-electron chi connectivity index (χ1n) is 6.55. The van der Waals surface area contributed by atoms with E-state index in [0.717, 1.165) is 12.8 Å². The third-order valence-electron chi connectivity index (χ3n) is 3.48. The van der Waals surface area contributed by atoms with Crippen LogP contribution in [0.5, 0.6) is 0 Å². The Labute approximate surface area is 122 Å². The van der Waals surface area contributed by atoms with Gasteiger partial charge < -0.3 is 5.73 Å². The number of anilines is 1. The number of rotatable bonds is 2. The predicted octanol–water partition coefficient (Wildman–Crippen LogP) is 3.10. The molecular weight excluding hydrogens is 268 g/mol. The molecule has 1 unspecified atom stereocenters. The molecule has 2 aromatic rings. The second-order valence-electron chi connectivity index (χ2n) is 4.76. The van der Waals surface area contributed by atoms with E-state index in [9.17, 15) is 0 Å². The van der Waals surface area contributed by atoms with Crippen molar-refractivity contribution in [3.63, 3.8) is 0 Å². The summed E-state index contributed by atoms with van der Waals surface area (Å²) in [6, 6.07) is 10.5. The Morgan fingerprint density at radius 1 is 1.35 bits per heavy atom. The van der Waals surface area contributed by atoms with Crippen LogP contribution in [0, 0.1) is 11.3 Å². The molecule has 0 spiro atoms. The van der Waals surface area contributed by atoms with Crippen LogP contribution in [0.3, 0.4) is 0 Å². The Morgan fingerprint density at radius 3 is 3.00 bits per heavy atom.